The van der Waals surface area contributed by atoms with Crippen molar-refractivity contribution in [2.24, 2.45) is 0 Å². The molecule has 6 heteroatoms. The zero-order chi connectivity index (χ0) is 21.9. The molecule has 0 spiro atoms. The van der Waals surface area contributed by atoms with Gasteiger partial charge in [0.25, 0.3) is 0 Å². The highest BCUT2D eigenvalue weighted by Crippen LogP contribution is 2.47. The number of para-hydroxylation sites is 1. The number of fused-ring (bicyclic) bond motifs is 1. The quantitative estimate of drug-likeness (QED) is 0.431. The Kier molecular flexibility index (Phi) is 5.69. The molecule has 1 aliphatic heterocycles. The zero-order valence-corrected chi connectivity index (χ0v) is 18.5. The summed E-state index contributed by atoms with van der Waals surface area (Å²) >= 11 is 1.62. The maximum absolute atomic E-state index is 12.7. The number of amides is 1. The van der Waals surface area contributed by atoms with E-state index in [4.69, 9.17) is 9.84 Å². The molecule has 1 atom stereocenters. The maximum atomic E-state index is 12.7. The van der Waals surface area contributed by atoms with Gasteiger partial charge < -0.3 is 10.1 Å². The highest BCUT2D eigenvalue weighted by atomic mass is 32.2. The molecule has 1 aliphatic rings. The number of carbonyl (C=O) groups is 1. The van der Waals surface area contributed by atoms with Gasteiger partial charge in [-0.25, -0.2) is 4.68 Å². The molecule has 32 heavy (non-hydrogen) atoms. The topological polar surface area (TPSA) is 56.1 Å². The Hall–Kier alpha value is -3.51. The lowest BCUT2D eigenvalue weighted by Crippen LogP contribution is -2.15. The van der Waals surface area contributed by atoms with Crippen LogP contribution in [0.15, 0.2) is 84.9 Å². The first-order valence-corrected chi connectivity index (χ1v) is 11.7. The van der Waals surface area contributed by atoms with Crippen LogP contribution < -0.4 is 10.1 Å². The molecule has 0 bridgehead atoms. The summed E-state index contributed by atoms with van der Waals surface area (Å²) in [6.45, 7) is 2.60. The Bertz CT molecular complexity index is 1220. The van der Waals surface area contributed by atoms with Gasteiger partial charge in [0, 0.05) is 11.1 Å². The van der Waals surface area contributed by atoms with Crippen molar-refractivity contribution in [1.82, 2.24) is 9.78 Å². The SMILES string of the molecule is CCOc1ccc([C@@H]2SCC(=O)Nc3c2c(-c2ccccc2)nn3-c2ccccc2)cc1. The van der Waals surface area contributed by atoms with Crippen molar-refractivity contribution >= 4 is 23.5 Å². The van der Waals surface area contributed by atoms with Gasteiger partial charge in [0.05, 0.1) is 29.0 Å². The maximum Gasteiger partial charge on any atom is 0.235 e. The fourth-order valence-electron chi connectivity index (χ4n) is 3.94. The molecule has 5 nitrogen and oxygen atoms in total. The van der Waals surface area contributed by atoms with Gasteiger partial charge in [-0.2, -0.15) is 5.10 Å². The third-order valence-electron chi connectivity index (χ3n) is 5.36. The van der Waals surface area contributed by atoms with Crippen molar-refractivity contribution in [3.63, 3.8) is 0 Å². The highest BCUT2D eigenvalue weighted by Gasteiger charge is 2.32. The van der Waals surface area contributed by atoms with Gasteiger partial charge in [-0.3, -0.25) is 4.79 Å². The minimum Gasteiger partial charge on any atom is -0.494 e. The van der Waals surface area contributed by atoms with Gasteiger partial charge in [-0.15, -0.1) is 11.8 Å². The van der Waals surface area contributed by atoms with Crippen molar-refractivity contribution in [1.29, 1.82) is 0 Å². The second-order valence-electron chi connectivity index (χ2n) is 7.47. The van der Waals surface area contributed by atoms with Crippen LogP contribution in [0, 0.1) is 0 Å². The van der Waals surface area contributed by atoms with Crippen LogP contribution in [0.1, 0.15) is 23.3 Å². The van der Waals surface area contributed by atoms with Gasteiger partial charge in [0.15, 0.2) is 0 Å². The summed E-state index contributed by atoms with van der Waals surface area (Å²) in [5.41, 5.74) is 4.92. The lowest BCUT2D eigenvalue weighted by molar-refractivity contribution is -0.113. The largest absolute Gasteiger partial charge is 0.494 e. The summed E-state index contributed by atoms with van der Waals surface area (Å²) in [7, 11) is 0. The number of aromatic nitrogens is 2. The number of anilines is 1. The van der Waals surface area contributed by atoms with Crippen molar-refractivity contribution in [3.8, 4) is 22.7 Å². The summed E-state index contributed by atoms with van der Waals surface area (Å²) in [5, 5.41) is 8.07. The summed E-state index contributed by atoms with van der Waals surface area (Å²) in [5.74, 6) is 1.91. The Morgan fingerprint density at radius 1 is 1.00 bits per heavy atom. The molecule has 0 unspecified atom stereocenters. The predicted molar refractivity (Wildman–Crippen MR) is 130 cm³/mol. The predicted octanol–water partition coefficient (Wildman–Crippen LogP) is 5.71. The average molecular weight is 442 g/mol. The molecule has 2 heterocycles. The molecule has 3 aromatic carbocycles. The molecule has 5 rings (SSSR count). The summed E-state index contributed by atoms with van der Waals surface area (Å²) < 4.78 is 7.47. The fraction of sp³-hybridized carbons (Fsp3) is 0.154. The molecular formula is C26H23N3O2S. The average Bonchev–Trinajstić information content (AvgIpc) is 3.11. The number of hydrogen-bond acceptors (Lipinski definition) is 4. The molecule has 0 aliphatic carbocycles. The van der Waals surface area contributed by atoms with Crippen LogP contribution in [-0.2, 0) is 4.79 Å². The Balaban J connectivity index is 1.72. The van der Waals surface area contributed by atoms with Gasteiger partial charge in [0.1, 0.15) is 11.6 Å². The van der Waals surface area contributed by atoms with Crippen molar-refractivity contribution in [3.05, 3.63) is 96.1 Å². The number of benzene rings is 3. The minimum atomic E-state index is -0.0488. The second-order valence-corrected chi connectivity index (χ2v) is 8.56. The van der Waals surface area contributed by atoms with E-state index in [-0.39, 0.29) is 11.2 Å². The lowest BCUT2D eigenvalue weighted by atomic mass is 10.00. The van der Waals surface area contributed by atoms with Crippen molar-refractivity contribution in [2.75, 3.05) is 17.7 Å². The van der Waals surface area contributed by atoms with E-state index in [1.165, 1.54) is 0 Å². The number of nitrogens with zero attached hydrogens (tertiary/aromatic N) is 2. The number of nitrogens with one attached hydrogen (secondary N) is 1. The third kappa shape index (κ3) is 3.89. The Morgan fingerprint density at radius 2 is 1.69 bits per heavy atom. The van der Waals surface area contributed by atoms with Crippen LogP contribution in [-0.4, -0.2) is 28.0 Å². The van der Waals surface area contributed by atoms with Gasteiger partial charge >= 0.3 is 0 Å². The van der Waals surface area contributed by atoms with E-state index in [2.05, 4.69) is 29.6 Å². The molecule has 0 saturated heterocycles. The second kappa shape index (κ2) is 8.93. The molecule has 1 aromatic heterocycles. The van der Waals surface area contributed by atoms with Crippen molar-refractivity contribution < 1.29 is 9.53 Å². The molecule has 1 amide bonds. The van der Waals surface area contributed by atoms with Crippen LogP contribution in [0.3, 0.4) is 0 Å². The first kappa shape index (κ1) is 20.4. The summed E-state index contributed by atoms with van der Waals surface area (Å²) in [4.78, 5) is 12.7. The van der Waals surface area contributed by atoms with Crippen molar-refractivity contribution in [2.45, 2.75) is 12.2 Å². The standard InChI is InChI=1S/C26H23N3O2S/c1-2-31-21-15-13-19(14-16-21)25-23-24(18-9-5-3-6-10-18)28-29(20-11-7-4-8-12-20)26(23)27-22(30)17-32-25/h3-16,25H,2,17H2,1H3,(H,27,30)/t25-/m0/s1. The van der Waals surface area contributed by atoms with E-state index in [0.717, 1.165) is 39.6 Å². The number of thioether (sulfide) groups is 1. The smallest absolute Gasteiger partial charge is 0.235 e. The first-order chi connectivity index (χ1) is 15.7. The van der Waals surface area contributed by atoms with Gasteiger partial charge in [-0.1, -0.05) is 60.7 Å². The van der Waals surface area contributed by atoms with Crippen LogP contribution in [0.25, 0.3) is 16.9 Å². The highest BCUT2D eigenvalue weighted by molar-refractivity contribution is 8.00. The van der Waals surface area contributed by atoms with E-state index in [0.29, 0.717) is 12.4 Å². The molecule has 1 N–H and O–H groups in total. The first-order valence-electron chi connectivity index (χ1n) is 10.6. The van der Waals surface area contributed by atoms with E-state index >= 15 is 0 Å². The van der Waals surface area contributed by atoms with E-state index in [1.54, 1.807) is 11.8 Å². The Morgan fingerprint density at radius 3 is 2.38 bits per heavy atom. The molecular weight excluding hydrogens is 418 g/mol. The molecule has 0 saturated carbocycles. The molecule has 0 fully saturated rings. The third-order valence-corrected chi connectivity index (χ3v) is 6.64. The van der Waals surface area contributed by atoms with Crippen LogP contribution in [0.4, 0.5) is 5.82 Å². The molecule has 4 aromatic rings. The van der Waals surface area contributed by atoms with Gasteiger partial charge in [-0.05, 0) is 36.8 Å². The van der Waals surface area contributed by atoms with Crippen LogP contribution in [0.2, 0.25) is 0 Å². The minimum absolute atomic E-state index is 0.0265. The number of ether oxygens (including phenoxy) is 1. The van der Waals surface area contributed by atoms with Gasteiger partial charge in [0.2, 0.25) is 5.91 Å². The lowest BCUT2D eigenvalue weighted by Gasteiger charge is -2.17. The van der Waals surface area contributed by atoms with E-state index < -0.39 is 0 Å². The fourth-order valence-corrected chi connectivity index (χ4v) is 5.07. The number of carbonyl (C=O) groups excluding carboxylic acids is 1. The van der Waals surface area contributed by atoms with E-state index in [1.807, 2.05) is 72.3 Å². The molecule has 0 radical (unpaired) electrons. The number of hydrogen-bond donors (Lipinski definition) is 1. The monoisotopic (exact) mass is 441 g/mol. The van der Waals surface area contributed by atoms with Crippen LogP contribution in [0.5, 0.6) is 5.75 Å². The van der Waals surface area contributed by atoms with Crippen LogP contribution >= 0.6 is 11.8 Å². The number of rotatable bonds is 5. The normalized spacial score (nSPS) is 15.5. The summed E-state index contributed by atoms with van der Waals surface area (Å²) in [6.07, 6.45) is 0. The zero-order valence-electron chi connectivity index (χ0n) is 17.7. The summed E-state index contributed by atoms with van der Waals surface area (Å²) in [6, 6.07) is 28.2. The Labute approximate surface area is 191 Å². The molecule has 160 valence electrons. The van der Waals surface area contributed by atoms with E-state index in [9.17, 15) is 4.79 Å².